The van der Waals surface area contributed by atoms with Crippen molar-refractivity contribution in [3.05, 3.63) is 48.5 Å². The van der Waals surface area contributed by atoms with Crippen molar-refractivity contribution in [2.45, 2.75) is 0 Å². The monoisotopic (exact) mass is 200 g/mol. The van der Waals surface area contributed by atoms with Crippen LogP contribution in [0.5, 0.6) is 5.75 Å². The number of rotatable bonds is 2. The Labute approximate surface area is 88.2 Å². The lowest BCUT2D eigenvalue weighted by atomic mass is 10.2. The predicted molar refractivity (Wildman–Crippen MR) is 62.2 cm³/mol. The van der Waals surface area contributed by atoms with Crippen LogP contribution < -0.4 is 11.1 Å². The van der Waals surface area contributed by atoms with Gasteiger partial charge in [-0.15, -0.1) is 0 Å². The van der Waals surface area contributed by atoms with Gasteiger partial charge >= 0.3 is 0 Å². The summed E-state index contributed by atoms with van der Waals surface area (Å²) in [6.07, 6.45) is 0. The van der Waals surface area contributed by atoms with Gasteiger partial charge in [-0.2, -0.15) is 0 Å². The number of phenols is 1. The quantitative estimate of drug-likeness (QED) is 0.653. The summed E-state index contributed by atoms with van der Waals surface area (Å²) < 4.78 is 0. The maximum absolute atomic E-state index is 9.28. The summed E-state index contributed by atoms with van der Waals surface area (Å²) in [7, 11) is 0. The number of nitrogens with two attached hydrogens (primary N) is 1. The number of nitrogens with one attached hydrogen (secondary N) is 1. The number of anilines is 3. The maximum atomic E-state index is 9.28. The molecule has 0 bridgehead atoms. The van der Waals surface area contributed by atoms with Crippen LogP contribution in [0.3, 0.4) is 0 Å². The predicted octanol–water partition coefficient (Wildman–Crippen LogP) is 2.72. The van der Waals surface area contributed by atoms with Gasteiger partial charge in [0.2, 0.25) is 0 Å². The summed E-state index contributed by atoms with van der Waals surface area (Å²) in [4.78, 5) is 0. The molecule has 0 fully saturated rings. The molecule has 0 aliphatic carbocycles. The lowest BCUT2D eigenvalue weighted by Crippen LogP contribution is -1.90. The molecular weight excluding hydrogens is 188 g/mol. The average molecular weight is 200 g/mol. The van der Waals surface area contributed by atoms with Crippen LogP contribution in [0.25, 0.3) is 0 Å². The van der Waals surface area contributed by atoms with Crippen molar-refractivity contribution in [2.75, 3.05) is 11.1 Å². The van der Waals surface area contributed by atoms with E-state index in [-0.39, 0.29) is 5.75 Å². The van der Waals surface area contributed by atoms with Gasteiger partial charge in [0.05, 0.1) is 0 Å². The van der Waals surface area contributed by atoms with Crippen molar-refractivity contribution in [3.63, 3.8) is 0 Å². The maximum Gasteiger partial charge on any atom is 0.117 e. The molecule has 0 saturated carbocycles. The van der Waals surface area contributed by atoms with E-state index < -0.39 is 0 Å². The second-order valence-electron chi connectivity index (χ2n) is 3.30. The fourth-order valence-electron chi connectivity index (χ4n) is 1.32. The molecule has 2 rings (SSSR count). The van der Waals surface area contributed by atoms with E-state index in [1.165, 1.54) is 0 Å². The molecule has 0 aromatic heterocycles. The molecule has 0 radical (unpaired) electrons. The zero-order chi connectivity index (χ0) is 10.7. The fourth-order valence-corrected chi connectivity index (χ4v) is 1.32. The molecule has 0 aliphatic rings. The van der Waals surface area contributed by atoms with Crippen LogP contribution in [-0.2, 0) is 0 Å². The van der Waals surface area contributed by atoms with Crippen LogP contribution in [0, 0.1) is 0 Å². The summed E-state index contributed by atoms with van der Waals surface area (Å²) >= 11 is 0. The SMILES string of the molecule is Nc1ccc(Nc2cccc(O)c2)cc1. The first-order valence-electron chi connectivity index (χ1n) is 4.66. The normalized spacial score (nSPS) is 9.87. The van der Waals surface area contributed by atoms with E-state index >= 15 is 0 Å². The molecule has 0 atom stereocenters. The second kappa shape index (κ2) is 3.92. The highest BCUT2D eigenvalue weighted by Crippen LogP contribution is 2.20. The Morgan fingerprint density at radius 1 is 0.933 bits per heavy atom. The van der Waals surface area contributed by atoms with E-state index in [1.807, 2.05) is 30.3 Å². The fraction of sp³-hybridized carbons (Fsp3) is 0. The molecule has 0 heterocycles. The Morgan fingerprint density at radius 3 is 2.33 bits per heavy atom. The molecule has 0 aliphatic heterocycles. The van der Waals surface area contributed by atoms with E-state index in [0.717, 1.165) is 17.1 Å². The van der Waals surface area contributed by atoms with E-state index in [0.29, 0.717) is 0 Å². The summed E-state index contributed by atoms with van der Waals surface area (Å²) in [5, 5.41) is 12.4. The number of hydrogen-bond acceptors (Lipinski definition) is 3. The molecule has 0 saturated heterocycles. The molecule has 3 nitrogen and oxygen atoms in total. The van der Waals surface area contributed by atoms with Crippen molar-refractivity contribution in [1.82, 2.24) is 0 Å². The Bertz CT molecular complexity index is 451. The average Bonchev–Trinajstić information content (AvgIpc) is 2.22. The number of phenolic OH excluding ortho intramolecular Hbond substituents is 1. The van der Waals surface area contributed by atoms with Crippen LogP contribution in [0.2, 0.25) is 0 Å². The van der Waals surface area contributed by atoms with Gasteiger partial charge in [0.1, 0.15) is 5.75 Å². The molecule has 2 aromatic carbocycles. The molecule has 4 N–H and O–H groups in total. The topological polar surface area (TPSA) is 58.3 Å². The number of aromatic hydroxyl groups is 1. The minimum atomic E-state index is 0.246. The van der Waals surface area contributed by atoms with Crippen molar-refractivity contribution in [3.8, 4) is 5.75 Å². The van der Waals surface area contributed by atoms with Crippen molar-refractivity contribution in [1.29, 1.82) is 0 Å². The third-order valence-corrected chi connectivity index (χ3v) is 2.05. The third-order valence-electron chi connectivity index (χ3n) is 2.05. The van der Waals surface area contributed by atoms with Gasteiger partial charge in [-0.3, -0.25) is 0 Å². The third kappa shape index (κ3) is 2.40. The Kier molecular flexibility index (Phi) is 2.46. The van der Waals surface area contributed by atoms with Gasteiger partial charge in [-0.05, 0) is 36.4 Å². The first-order chi connectivity index (χ1) is 7.24. The van der Waals surface area contributed by atoms with Crippen LogP contribution in [0.15, 0.2) is 48.5 Å². The Hall–Kier alpha value is -2.16. The van der Waals surface area contributed by atoms with Gasteiger partial charge in [-0.1, -0.05) is 6.07 Å². The van der Waals surface area contributed by atoms with Crippen molar-refractivity contribution in [2.24, 2.45) is 0 Å². The lowest BCUT2D eigenvalue weighted by molar-refractivity contribution is 0.475. The first-order valence-corrected chi connectivity index (χ1v) is 4.66. The molecule has 15 heavy (non-hydrogen) atoms. The smallest absolute Gasteiger partial charge is 0.117 e. The van der Waals surface area contributed by atoms with Gasteiger partial charge in [0.25, 0.3) is 0 Å². The summed E-state index contributed by atoms with van der Waals surface area (Å²) in [5.41, 5.74) is 8.10. The first kappa shape index (κ1) is 9.40. The Morgan fingerprint density at radius 2 is 1.67 bits per heavy atom. The van der Waals surface area contributed by atoms with Gasteiger partial charge in [-0.25, -0.2) is 0 Å². The van der Waals surface area contributed by atoms with Crippen LogP contribution in [-0.4, -0.2) is 5.11 Å². The minimum Gasteiger partial charge on any atom is -0.508 e. The molecule has 3 heteroatoms. The minimum absolute atomic E-state index is 0.246. The Balaban J connectivity index is 2.18. The summed E-state index contributed by atoms with van der Waals surface area (Å²) in [6.45, 7) is 0. The second-order valence-corrected chi connectivity index (χ2v) is 3.30. The molecule has 76 valence electrons. The molecular formula is C12H12N2O. The standard InChI is InChI=1S/C12H12N2O/c13-9-4-6-10(7-5-9)14-11-2-1-3-12(15)8-11/h1-8,14-15H,13H2. The summed E-state index contributed by atoms with van der Waals surface area (Å²) in [5.74, 6) is 0.246. The van der Waals surface area contributed by atoms with Crippen LogP contribution in [0.4, 0.5) is 17.1 Å². The van der Waals surface area contributed by atoms with Crippen LogP contribution in [0.1, 0.15) is 0 Å². The van der Waals surface area contributed by atoms with Gasteiger partial charge < -0.3 is 16.2 Å². The molecule has 2 aromatic rings. The number of hydrogen-bond donors (Lipinski definition) is 3. The highest BCUT2D eigenvalue weighted by atomic mass is 16.3. The lowest BCUT2D eigenvalue weighted by Gasteiger charge is -2.06. The number of benzene rings is 2. The van der Waals surface area contributed by atoms with Crippen molar-refractivity contribution >= 4 is 17.1 Å². The molecule has 0 spiro atoms. The van der Waals surface area contributed by atoms with Gasteiger partial charge in [0.15, 0.2) is 0 Å². The molecule has 0 amide bonds. The molecule has 0 unspecified atom stereocenters. The van der Waals surface area contributed by atoms with E-state index in [4.69, 9.17) is 5.73 Å². The highest BCUT2D eigenvalue weighted by molar-refractivity contribution is 5.62. The van der Waals surface area contributed by atoms with E-state index in [9.17, 15) is 5.11 Å². The largest absolute Gasteiger partial charge is 0.508 e. The number of nitrogen functional groups attached to an aromatic ring is 1. The highest BCUT2D eigenvalue weighted by Gasteiger charge is 1.95. The van der Waals surface area contributed by atoms with Crippen molar-refractivity contribution < 1.29 is 5.11 Å². The zero-order valence-electron chi connectivity index (χ0n) is 8.14. The van der Waals surface area contributed by atoms with Crippen LogP contribution >= 0.6 is 0 Å². The van der Waals surface area contributed by atoms with E-state index in [1.54, 1.807) is 18.2 Å². The van der Waals surface area contributed by atoms with E-state index in [2.05, 4.69) is 5.32 Å². The zero-order valence-corrected chi connectivity index (χ0v) is 8.14. The van der Waals surface area contributed by atoms with Gasteiger partial charge in [0, 0.05) is 23.1 Å². The summed E-state index contributed by atoms with van der Waals surface area (Å²) in [6, 6.07) is 14.4.